The van der Waals surface area contributed by atoms with Crippen molar-refractivity contribution in [1.29, 1.82) is 0 Å². The summed E-state index contributed by atoms with van der Waals surface area (Å²) in [4.78, 5) is 26.8. The molecule has 1 atom stereocenters. The van der Waals surface area contributed by atoms with E-state index >= 15 is 0 Å². The lowest BCUT2D eigenvalue weighted by Gasteiger charge is -2.33. The number of allylic oxidation sites excluding steroid dienone is 1. The van der Waals surface area contributed by atoms with Crippen molar-refractivity contribution in [3.05, 3.63) is 70.3 Å². The Labute approximate surface area is 177 Å². The Kier molecular flexibility index (Phi) is 5.30. The van der Waals surface area contributed by atoms with E-state index in [1.54, 1.807) is 36.3 Å². The Bertz CT molecular complexity index is 1170. The second kappa shape index (κ2) is 7.91. The quantitative estimate of drug-likeness (QED) is 0.639. The molecular weight excluding hydrogens is 407 g/mol. The molecule has 2 N–H and O–H groups in total. The highest BCUT2D eigenvalue weighted by Crippen LogP contribution is 2.38. The fraction of sp³-hybridized carbons (Fsp3) is 0.227. The largest absolute Gasteiger partial charge is 0.323 e. The normalized spacial score (nSPS) is 17.0. The van der Waals surface area contributed by atoms with Gasteiger partial charge in [-0.2, -0.15) is 5.10 Å². The Balaban J connectivity index is 1.61. The van der Waals surface area contributed by atoms with E-state index < -0.39 is 5.82 Å². The number of fused-ring (bicyclic) bond motifs is 1. The summed E-state index contributed by atoms with van der Waals surface area (Å²) in [5.41, 5.74) is 3.11. The number of aromatic amines is 1. The molecule has 1 aliphatic heterocycles. The number of rotatable bonds is 4. The minimum atomic E-state index is -0.545. The third-order valence-electron chi connectivity index (χ3n) is 5.57. The van der Waals surface area contributed by atoms with Crippen LogP contribution in [0.15, 0.2) is 53.9 Å². The number of amides is 2. The van der Waals surface area contributed by atoms with Gasteiger partial charge in [0.2, 0.25) is 11.8 Å². The minimum Gasteiger partial charge on any atom is -0.323 e. The van der Waals surface area contributed by atoms with Gasteiger partial charge in [-0.3, -0.25) is 14.7 Å². The van der Waals surface area contributed by atoms with Crippen LogP contribution in [0.4, 0.5) is 10.1 Å². The van der Waals surface area contributed by atoms with Crippen LogP contribution in [0.1, 0.15) is 31.2 Å². The van der Waals surface area contributed by atoms with Gasteiger partial charge in [-0.05, 0) is 36.3 Å². The van der Waals surface area contributed by atoms with Crippen molar-refractivity contribution in [1.82, 2.24) is 15.1 Å². The molecule has 30 heavy (non-hydrogen) atoms. The minimum absolute atomic E-state index is 0.0203. The van der Waals surface area contributed by atoms with Crippen LogP contribution in [-0.2, 0) is 9.59 Å². The fourth-order valence-electron chi connectivity index (χ4n) is 3.78. The van der Waals surface area contributed by atoms with E-state index in [-0.39, 0.29) is 36.3 Å². The van der Waals surface area contributed by atoms with E-state index in [1.165, 1.54) is 6.07 Å². The van der Waals surface area contributed by atoms with Gasteiger partial charge in [0.15, 0.2) is 0 Å². The van der Waals surface area contributed by atoms with Gasteiger partial charge in [0.05, 0.1) is 23.8 Å². The summed E-state index contributed by atoms with van der Waals surface area (Å²) < 4.78 is 14.4. The Morgan fingerprint density at radius 2 is 2.07 bits per heavy atom. The van der Waals surface area contributed by atoms with Crippen molar-refractivity contribution in [2.24, 2.45) is 0 Å². The number of hydrogen-bond donors (Lipinski definition) is 2. The molecule has 0 saturated carbocycles. The zero-order valence-corrected chi connectivity index (χ0v) is 17.3. The second-order valence-electron chi connectivity index (χ2n) is 7.39. The molecule has 4 rings (SSSR count). The van der Waals surface area contributed by atoms with Crippen LogP contribution in [0.5, 0.6) is 0 Å². The number of hydrogen-bond acceptors (Lipinski definition) is 3. The topological polar surface area (TPSA) is 78.1 Å². The molecule has 8 heteroatoms. The van der Waals surface area contributed by atoms with Crippen LogP contribution >= 0.6 is 11.6 Å². The summed E-state index contributed by atoms with van der Waals surface area (Å²) >= 11 is 6.00. The van der Waals surface area contributed by atoms with Crippen molar-refractivity contribution in [2.75, 3.05) is 12.4 Å². The van der Waals surface area contributed by atoms with E-state index in [1.807, 2.05) is 19.1 Å². The molecule has 6 nitrogen and oxygen atoms in total. The molecule has 0 bridgehead atoms. The summed E-state index contributed by atoms with van der Waals surface area (Å²) in [5.74, 6) is -1.16. The summed E-state index contributed by atoms with van der Waals surface area (Å²) in [6.07, 6.45) is 1.86. The number of nitrogens with one attached hydrogen (secondary N) is 2. The molecule has 1 aliphatic rings. The zero-order valence-electron chi connectivity index (χ0n) is 16.5. The van der Waals surface area contributed by atoms with Crippen molar-refractivity contribution in [3.63, 3.8) is 0 Å². The third kappa shape index (κ3) is 3.80. The number of carbonyl (C=O) groups is 2. The molecule has 0 aliphatic carbocycles. The van der Waals surface area contributed by atoms with E-state index in [4.69, 9.17) is 11.6 Å². The predicted octanol–water partition coefficient (Wildman–Crippen LogP) is 4.60. The number of H-pyrrole nitrogens is 1. The van der Waals surface area contributed by atoms with E-state index in [0.29, 0.717) is 15.9 Å². The van der Waals surface area contributed by atoms with Gasteiger partial charge in [0.25, 0.3) is 0 Å². The summed E-state index contributed by atoms with van der Waals surface area (Å²) in [6, 6.07) is 10.1. The van der Waals surface area contributed by atoms with Crippen LogP contribution in [-0.4, -0.2) is 34.0 Å². The first-order chi connectivity index (χ1) is 14.3. The molecule has 0 spiro atoms. The lowest BCUT2D eigenvalue weighted by molar-refractivity contribution is -0.129. The summed E-state index contributed by atoms with van der Waals surface area (Å²) in [7, 11) is 1.69. The van der Waals surface area contributed by atoms with Crippen LogP contribution in [0.3, 0.4) is 0 Å². The second-order valence-corrected chi connectivity index (χ2v) is 7.82. The van der Waals surface area contributed by atoms with Crippen molar-refractivity contribution in [2.45, 2.75) is 25.7 Å². The first kappa shape index (κ1) is 20.1. The monoisotopic (exact) mass is 426 g/mol. The number of aromatic nitrogens is 2. The molecule has 0 saturated heterocycles. The molecule has 1 aromatic heterocycles. The standard InChI is InChI=1S/C22H20ClFN4O2/c1-12-16(17(9-22(30)28(12)2)13-3-5-15(23)6-4-13)8-21(29)26-20-7-14-11-25-27-19(14)10-18(20)24/h3-7,10-11,17H,8-9H2,1-2H3,(H,25,27)(H,26,29). The Morgan fingerprint density at radius 3 is 2.80 bits per heavy atom. The number of carbonyl (C=O) groups excluding carboxylic acids is 2. The van der Waals surface area contributed by atoms with Gasteiger partial charge >= 0.3 is 0 Å². The lowest BCUT2D eigenvalue weighted by Crippen LogP contribution is -2.34. The highest BCUT2D eigenvalue weighted by molar-refractivity contribution is 6.30. The SMILES string of the molecule is CC1=C(CC(=O)Nc2cc3cn[nH]c3cc2F)C(c2ccc(Cl)cc2)CC(=O)N1C. The number of nitrogens with zero attached hydrogens (tertiary/aromatic N) is 2. The van der Waals surface area contributed by atoms with Crippen molar-refractivity contribution >= 4 is 40.0 Å². The van der Waals surface area contributed by atoms with Gasteiger partial charge in [-0.15, -0.1) is 0 Å². The highest BCUT2D eigenvalue weighted by Gasteiger charge is 2.32. The molecule has 0 fully saturated rings. The number of anilines is 1. The molecule has 154 valence electrons. The van der Waals surface area contributed by atoms with Crippen molar-refractivity contribution < 1.29 is 14.0 Å². The first-order valence-corrected chi connectivity index (χ1v) is 9.85. The van der Waals surface area contributed by atoms with E-state index in [2.05, 4.69) is 15.5 Å². The number of halogens is 2. The van der Waals surface area contributed by atoms with Gasteiger partial charge in [0, 0.05) is 41.6 Å². The fourth-order valence-corrected chi connectivity index (χ4v) is 3.91. The molecule has 3 aromatic rings. The average molecular weight is 427 g/mol. The maximum Gasteiger partial charge on any atom is 0.228 e. The molecule has 2 amide bonds. The van der Waals surface area contributed by atoms with Crippen LogP contribution in [0, 0.1) is 5.82 Å². The van der Waals surface area contributed by atoms with Crippen LogP contribution in [0.2, 0.25) is 5.02 Å². The smallest absolute Gasteiger partial charge is 0.228 e. The summed E-state index contributed by atoms with van der Waals surface area (Å²) in [6.45, 7) is 1.82. The Morgan fingerprint density at radius 1 is 1.33 bits per heavy atom. The Hall–Kier alpha value is -3.19. The maximum atomic E-state index is 14.4. The molecule has 0 radical (unpaired) electrons. The molecular formula is C22H20ClFN4O2. The molecule has 2 heterocycles. The zero-order chi connectivity index (χ0) is 21.4. The van der Waals surface area contributed by atoms with E-state index in [9.17, 15) is 14.0 Å². The highest BCUT2D eigenvalue weighted by atomic mass is 35.5. The van der Waals surface area contributed by atoms with Gasteiger partial charge < -0.3 is 10.2 Å². The van der Waals surface area contributed by atoms with E-state index in [0.717, 1.165) is 16.8 Å². The predicted molar refractivity (Wildman–Crippen MR) is 114 cm³/mol. The van der Waals surface area contributed by atoms with Crippen LogP contribution < -0.4 is 5.32 Å². The first-order valence-electron chi connectivity index (χ1n) is 9.47. The molecule has 1 unspecified atom stereocenters. The number of benzene rings is 2. The summed E-state index contributed by atoms with van der Waals surface area (Å²) in [5, 5.41) is 10.5. The molecule has 2 aromatic carbocycles. The van der Waals surface area contributed by atoms with Gasteiger partial charge in [-0.25, -0.2) is 4.39 Å². The van der Waals surface area contributed by atoms with Gasteiger partial charge in [0.1, 0.15) is 5.82 Å². The maximum absolute atomic E-state index is 14.4. The van der Waals surface area contributed by atoms with Crippen LogP contribution in [0.25, 0.3) is 10.9 Å². The van der Waals surface area contributed by atoms with Crippen molar-refractivity contribution in [3.8, 4) is 0 Å². The third-order valence-corrected chi connectivity index (χ3v) is 5.82. The average Bonchev–Trinajstić information content (AvgIpc) is 3.16. The lowest BCUT2D eigenvalue weighted by atomic mass is 9.82. The van der Waals surface area contributed by atoms with Gasteiger partial charge in [-0.1, -0.05) is 23.7 Å².